The predicted molar refractivity (Wildman–Crippen MR) is 129 cm³/mol. The normalized spacial score (nSPS) is 13.9. The molecule has 0 aromatic heterocycles. The molecule has 9 heteroatoms. The molecule has 0 fully saturated rings. The summed E-state index contributed by atoms with van der Waals surface area (Å²) in [5.74, 6) is -1.66. The summed E-state index contributed by atoms with van der Waals surface area (Å²) >= 11 is 0. The largest absolute Gasteiger partial charge is 0.481 e. The van der Waals surface area contributed by atoms with E-state index in [1.807, 2.05) is 48.5 Å². The van der Waals surface area contributed by atoms with E-state index in [0.717, 1.165) is 22.3 Å². The molecule has 0 saturated carbocycles. The minimum atomic E-state index is -1.06. The van der Waals surface area contributed by atoms with Crippen molar-refractivity contribution in [3.63, 3.8) is 0 Å². The van der Waals surface area contributed by atoms with Gasteiger partial charge in [-0.3, -0.25) is 9.59 Å². The highest BCUT2D eigenvalue weighted by atomic mass is 16.5. The lowest BCUT2D eigenvalue weighted by Gasteiger charge is -2.20. The molecule has 2 aromatic carbocycles. The molecule has 0 saturated heterocycles. The van der Waals surface area contributed by atoms with Gasteiger partial charge in [0.2, 0.25) is 5.91 Å². The number of hydrogen-bond donors (Lipinski definition) is 3. The smallest absolute Gasteiger partial charge is 0.407 e. The first-order valence-electron chi connectivity index (χ1n) is 11.6. The van der Waals surface area contributed by atoms with E-state index in [0.29, 0.717) is 13.0 Å². The monoisotopic (exact) mass is 484 g/mol. The van der Waals surface area contributed by atoms with Crippen LogP contribution < -0.4 is 10.6 Å². The second-order valence-electron chi connectivity index (χ2n) is 8.35. The first-order valence-corrected chi connectivity index (χ1v) is 11.6. The molecule has 0 spiro atoms. The van der Waals surface area contributed by atoms with E-state index in [2.05, 4.69) is 10.6 Å². The number of carboxylic acids is 1. The third-order valence-corrected chi connectivity index (χ3v) is 6.05. The lowest BCUT2D eigenvalue weighted by Crippen LogP contribution is -2.48. The molecule has 1 aliphatic carbocycles. The van der Waals surface area contributed by atoms with Crippen LogP contribution in [0.2, 0.25) is 0 Å². The summed E-state index contributed by atoms with van der Waals surface area (Å²) < 4.78 is 15.8. The van der Waals surface area contributed by atoms with Crippen LogP contribution in [0.15, 0.2) is 48.5 Å². The van der Waals surface area contributed by atoms with Crippen LogP contribution in [0.3, 0.4) is 0 Å². The average Bonchev–Trinajstić information content (AvgIpc) is 3.18. The maximum Gasteiger partial charge on any atom is 0.407 e. The van der Waals surface area contributed by atoms with Crippen LogP contribution in [0.25, 0.3) is 11.1 Å². The Labute approximate surface area is 204 Å². The SMILES string of the molecule is COCC(CCNC(=O)C(CCC(=O)O)NC(=O)OCC1c2ccccc2-c2ccccc21)OC. The molecule has 188 valence electrons. The number of carbonyl (C=O) groups is 3. The fourth-order valence-electron chi connectivity index (χ4n) is 4.25. The zero-order valence-corrected chi connectivity index (χ0v) is 20.0. The van der Waals surface area contributed by atoms with Gasteiger partial charge in [-0.25, -0.2) is 4.79 Å². The summed E-state index contributed by atoms with van der Waals surface area (Å²) in [4.78, 5) is 36.3. The van der Waals surface area contributed by atoms with Gasteiger partial charge < -0.3 is 30.0 Å². The molecule has 0 radical (unpaired) electrons. The fourth-order valence-corrected chi connectivity index (χ4v) is 4.25. The number of ether oxygens (including phenoxy) is 3. The molecule has 9 nitrogen and oxygen atoms in total. The second kappa shape index (κ2) is 12.9. The van der Waals surface area contributed by atoms with Gasteiger partial charge >= 0.3 is 12.1 Å². The van der Waals surface area contributed by atoms with E-state index in [1.165, 1.54) is 0 Å². The topological polar surface area (TPSA) is 123 Å². The molecule has 0 heterocycles. The van der Waals surface area contributed by atoms with Crippen molar-refractivity contribution >= 4 is 18.0 Å². The van der Waals surface area contributed by atoms with Crippen LogP contribution in [0.4, 0.5) is 4.79 Å². The number of methoxy groups -OCH3 is 2. The summed E-state index contributed by atoms with van der Waals surface area (Å²) in [7, 11) is 3.12. The molecule has 0 bridgehead atoms. The standard InChI is InChI=1S/C26H32N2O7/c1-33-15-17(34-2)13-14-27-25(31)23(11-12-24(29)30)28-26(32)35-16-22-20-9-5-3-7-18(20)19-8-4-6-10-21(19)22/h3-10,17,22-23H,11-16H2,1-2H3,(H,27,31)(H,28,32)(H,29,30). The van der Waals surface area contributed by atoms with Gasteiger partial charge in [0.05, 0.1) is 12.7 Å². The van der Waals surface area contributed by atoms with E-state index in [9.17, 15) is 14.4 Å². The number of carboxylic acid groups (broad SMARTS) is 1. The molecule has 2 amide bonds. The number of amides is 2. The fraction of sp³-hybridized carbons (Fsp3) is 0.423. The Balaban J connectivity index is 1.58. The molecule has 2 atom stereocenters. The molecular formula is C26H32N2O7. The second-order valence-corrected chi connectivity index (χ2v) is 8.35. The van der Waals surface area contributed by atoms with Crippen molar-refractivity contribution in [2.24, 2.45) is 0 Å². The molecule has 3 N–H and O–H groups in total. The zero-order valence-electron chi connectivity index (χ0n) is 20.0. The molecule has 35 heavy (non-hydrogen) atoms. The maximum atomic E-state index is 12.7. The van der Waals surface area contributed by atoms with Gasteiger partial charge in [0.15, 0.2) is 0 Å². The lowest BCUT2D eigenvalue weighted by molar-refractivity contribution is -0.137. The van der Waals surface area contributed by atoms with E-state index in [-0.39, 0.29) is 38.0 Å². The predicted octanol–water partition coefficient (Wildman–Crippen LogP) is 2.93. The van der Waals surface area contributed by atoms with Crippen LogP contribution in [-0.4, -0.2) is 69.2 Å². The van der Waals surface area contributed by atoms with Crippen molar-refractivity contribution in [1.82, 2.24) is 10.6 Å². The number of fused-ring (bicyclic) bond motifs is 3. The molecule has 2 unspecified atom stereocenters. The van der Waals surface area contributed by atoms with Gasteiger partial charge in [-0.15, -0.1) is 0 Å². The van der Waals surface area contributed by atoms with Gasteiger partial charge in [0, 0.05) is 33.1 Å². The van der Waals surface area contributed by atoms with Crippen LogP contribution in [0, 0.1) is 0 Å². The van der Waals surface area contributed by atoms with Gasteiger partial charge in [0.1, 0.15) is 12.6 Å². The number of rotatable bonds is 13. The Morgan fingerprint density at radius 3 is 2.17 bits per heavy atom. The van der Waals surface area contributed by atoms with Gasteiger partial charge in [-0.05, 0) is 35.1 Å². The number of benzene rings is 2. The highest BCUT2D eigenvalue weighted by Gasteiger charge is 2.30. The summed E-state index contributed by atoms with van der Waals surface area (Å²) in [6.45, 7) is 0.767. The third kappa shape index (κ3) is 7.03. The molecular weight excluding hydrogens is 452 g/mol. The van der Waals surface area contributed by atoms with Crippen molar-refractivity contribution in [1.29, 1.82) is 0 Å². The molecule has 1 aliphatic rings. The zero-order chi connectivity index (χ0) is 25.2. The Bertz CT molecular complexity index is 981. The number of alkyl carbamates (subject to hydrolysis) is 1. The minimum absolute atomic E-state index is 0.0584. The lowest BCUT2D eigenvalue weighted by atomic mass is 9.98. The van der Waals surface area contributed by atoms with Crippen molar-refractivity contribution in [2.75, 3.05) is 34.0 Å². The van der Waals surface area contributed by atoms with Crippen molar-refractivity contribution in [2.45, 2.75) is 37.3 Å². The molecule has 2 aromatic rings. The number of carbonyl (C=O) groups excluding carboxylic acids is 2. The summed E-state index contributed by atoms with van der Waals surface area (Å²) in [6.07, 6.45) is -0.782. The summed E-state index contributed by atoms with van der Waals surface area (Å²) in [5, 5.41) is 14.3. The Hall–Kier alpha value is -3.43. The summed E-state index contributed by atoms with van der Waals surface area (Å²) in [6, 6.07) is 14.9. The quantitative estimate of drug-likeness (QED) is 0.399. The molecule has 0 aliphatic heterocycles. The Morgan fingerprint density at radius 1 is 0.971 bits per heavy atom. The minimum Gasteiger partial charge on any atom is -0.481 e. The summed E-state index contributed by atoms with van der Waals surface area (Å²) in [5.41, 5.74) is 4.37. The highest BCUT2D eigenvalue weighted by Crippen LogP contribution is 2.44. The van der Waals surface area contributed by atoms with Crippen LogP contribution in [0.5, 0.6) is 0 Å². The Kier molecular flexibility index (Phi) is 9.63. The molecule has 3 rings (SSSR count). The van der Waals surface area contributed by atoms with Gasteiger partial charge in [0.25, 0.3) is 0 Å². The van der Waals surface area contributed by atoms with Crippen molar-refractivity contribution in [3.05, 3.63) is 59.7 Å². The van der Waals surface area contributed by atoms with Crippen molar-refractivity contribution in [3.8, 4) is 11.1 Å². The number of hydrogen-bond acceptors (Lipinski definition) is 6. The van der Waals surface area contributed by atoms with E-state index >= 15 is 0 Å². The maximum absolute atomic E-state index is 12.7. The highest BCUT2D eigenvalue weighted by molar-refractivity contribution is 5.86. The van der Waals surface area contributed by atoms with E-state index in [4.69, 9.17) is 19.3 Å². The average molecular weight is 485 g/mol. The van der Waals surface area contributed by atoms with Crippen LogP contribution in [0.1, 0.15) is 36.3 Å². The Morgan fingerprint density at radius 2 is 1.60 bits per heavy atom. The van der Waals surface area contributed by atoms with Crippen LogP contribution in [-0.2, 0) is 23.8 Å². The van der Waals surface area contributed by atoms with Gasteiger partial charge in [-0.1, -0.05) is 48.5 Å². The van der Waals surface area contributed by atoms with E-state index < -0.39 is 24.0 Å². The first kappa shape index (κ1) is 26.2. The van der Waals surface area contributed by atoms with Crippen molar-refractivity contribution < 1.29 is 33.7 Å². The third-order valence-electron chi connectivity index (χ3n) is 6.05. The number of aliphatic carboxylic acids is 1. The first-order chi connectivity index (χ1) is 16.9. The van der Waals surface area contributed by atoms with Gasteiger partial charge in [-0.2, -0.15) is 0 Å². The van der Waals surface area contributed by atoms with Crippen LogP contribution >= 0.6 is 0 Å². The number of nitrogens with one attached hydrogen (secondary N) is 2. The van der Waals surface area contributed by atoms with E-state index in [1.54, 1.807) is 14.2 Å².